The van der Waals surface area contributed by atoms with Gasteiger partial charge in [-0.15, -0.1) is 0 Å². The van der Waals surface area contributed by atoms with Crippen LogP contribution in [0, 0.1) is 34.0 Å². The summed E-state index contributed by atoms with van der Waals surface area (Å²) in [5.74, 6) is -0.171. The van der Waals surface area contributed by atoms with Crippen LogP contribution in [0.15, 0.2) is 0 Å². The lowest BCUT2D eigenvalue weighted by Crippen LogP contribution is -2.54. The van der Waals surface area contributed by atoms with Gasteiger partial charge in [0, 0.05) is 12.8 Å². The Morgan fingerprint density at radius 1 is 0.867 bits per heavy atom. The number of ether oxygens (including phenoxy) is 3. The molecule has 1 aliphatic heterocycles. The number of carbonyl (C=O) groups excluding carboxylic acids is 5. The second-order valence-electron chi connectivity index (χ2n) is 14.5. The van der Waals surface area contributed by atoms with Crippen molar-refractivity contribution in [3.8, 4) is 0 Å². The average Bonchev–Trinajstić information content (AvgIpc) is 3.07. The fraction of sp³-hybridized carbons (Fsp3) is 0.865. The predicted octanol–water partition coefficient (Wildman–Crippen LogP) is 9.05. The van der Waals surface area contributed by atoms with Crippen LogP contribution in [0.5, 0.6) is 0 Å². The molecule has 4 bridgehead atoms. The molecule has 8 heteroatoms. The maximum Gasteiger partial charge on any atom is 0.320 e. The lowest BCUT2D eigenvalue weighted by atomic mass is 9.54. The summed E-state index contributed by atoms with van der Waals surface area (Å²) in [6.07, 6.45) is 8.33. The zero-order valence-electron chi connectivity index (χ0n) is 24.0. The molecular formula is C37H68O8. The number of Topliss-reactive ketones (excluding diaryl/α,β-unsaturated/α-hetero) is 1. The first-order valence-electron chi connectivity index (χ1n) is 15.0. The first-order chi connectivity index (χ1) is 18.3. The molecule has 0 amide bonds. The largest absolute Gasteiger partial charge is 0.461 e. The molecule has 8 nitrogen and oxygen atoms in total. The van der Waals surface area contributed by atoms with Crippen molar-refractivity contribution in [3.05, 3.63) is 0 Å². The monoisotopic (exact) mass is 640 g/mol. The Balaban J connectivity index is 0. The normalized spacial score (nSPS) is 33.5. The van der Waals surface area contributed by atoms with Crippen molar-refractivity contribution in [2.45, 2.75) is 174 Å². The third-order valence-electron chi connectivity index (χ3n) is 10.6. The highest BCUT2D eigenvalue weighted by Crippen LogP contribution is 2.58. The summed E-state index contributed by atoms with van der Waals surface area (Å²) in [4.78, 5) is 64.6. The van der Waals surface area contributed by atoms with Gasteiger partial charge in [0.05, 0.1) is 22.7 Å². The van der Waals surface area contributed by atoms with Gasteiger partial charge in [-0.1, -0.05) is 51.5 Å². The molecule has 4 unspecified atom stereocenters. The van der Waals surface area contributed by atoms with Gasteiger partial charge in [-0.2, -0.15) is 0 Å². The molecule has 0 N–H and O–H groups in total. The number of hydrogen-bond acceptors (Lipinski definition) is 8. The number of hydrogen-bond donors (Lipinski definition) is 0. The molecule has 0 aromatic heterocycles. The Bertz CT molecular complexity index is 1030. The molecule has 0 aromatic carbocycles. The summed E-state index contributed by atoms with van der Waals surface area (Å²) >= 11 is 0. The average molecular weight is 641 g/mol. The van der Waals surface area contributed by atoms with Crippen LogP contribution in [-0.2, 0) is 38.2 Å². The van der Waals surface area contributed by atoms with E-state index in [1.165, 1.54) is 19.3 Å². The standard InChI is InChI=1S/C31H44O8.6CH4/c1-5-28(2,27(36)39-31-13-19-9-20(14-31)11-21(10-19)15-31)17-30(4,18-29(3)16-24(33)38-25(29)34)26(35)37-23-8-6-7-22(32)12-23;;;;;;/h19-21,23H,5-18H2,1-4H3;6*1H4. The highest BCUT2D eigenvalue weighted by molar-refractivity contribution is 5.97. The van der Waals surface area contributed by atoms with Gasteiger partial charge >= 0.3 is 23.9 Å². The smallest absolute Gasteiger partial charge is 0.320 e. The predicted molar refractivity (Wildman–Crippen MR) is 180 cm³/mol. The number of rotatable bonds is 9. The Labute approximate surface area is 275 Å². The molecule has 0 radical (unpaired) electrons. The van der Waals surface area contributed by atoms with Crippen LogP contribution >= 0.6 is 0 Å². The second kappa shape index (κ2) is 16.0. The molecule has 6 rings (SSSR count). The van der Waals surface area contributed by atoms with E-state index in [1.54, 1.807) is 13.8 Å². The summed E-state index contributed by atoms with van der Waals surface area (Å²) in [6, 6.07) is 0. The minimum atomic E-state index is -1.27. The zero-order chi connectivity index (χ0) is 28.2. The summed E-state index contributed by atoms with van der Waals surface area (Å²) < 4.78 is 17.2. The first kappa shape index (κ1) is 44.9. The molecule has 5 saturated carbocycles. The van der Waals surface area contributed by atoms with E-state index in [1.807, 2.05) is 13.8 Å². The molecule has 45 heavy (non-hydrogen) atoms. The van der Waals surface area contributed by atoms with Crippen LogP contribution < -0.4 is 0 Å². The molecule has 5 aliphatic carbocycles. The van der Waals surface area contributed by atoms with Crippen molar-refractivity contribution in [1.29, 1.82) is 0 Å². The molecule has 0 spiro atoms. The van der Waals surface area contributed by atoms with Gasteiger partial charge in [0.25, 0.3) is 0 Å². The first-order valence-corrected chi connectivity index (χ1v) is 15.0. The van der Waals surface area contributed by atoms with E-state index in [2.05, 4.69) is 0 Å². The van der Waals surface area contributed by atoms with Crippen molar-refractivity contribution in [2.75, 3.05) is 0 Å². The summed E-state index contributed by atoms with van der Waals surface area (Å²) in [6.45, 7) is 7.10. The Hall–Kier alpha value is -2.25. The van der Waals surface area contributed by atoms with Gasteiger partial charge in [0.1, 0.15) is 17.5 Å². The van der Waals surface area contributed by atoms with Crippen LogP contribution in [0.3, 0.4) is 0 Å². The Morgan fingerprint density at radius 3 is 1.84 bits per heavy atom. The number of carbonyl (C=O) groups is 5. The zero-order valence-corrected chi connectivity index (χ0v) is 24.0. The molecule has 0 aromatic rings. The minimum absolute atomic E-state index is 0. The van der Waals surface area contributed by atoms with Crippen LogP contribution in [-0.4, -0.2) is 41.4 Å². The number of ketones is 1. The molecule has 264 valence electrons. The summed E-state index contributed by atoms with van der Waals surface area (Å²) in [5.41, 5.74) is -3.88. The van der Waals surface area contributed by atoms with E-state index in [0.29, 0.717) is 43.4 Å². The van der Waals surface area contributed by atoms with Gasteiger partial charge in [-0.3, -0.25) is 24.0 Å². The molecule has 4 atom stereocenters. The Morgan fingerprint density at radius 2 is 1.40 bits per heavy atom. The van der Waals surface area contributed by atoms with Gasteiger partial charge < -0.3 is 14.2 Å². The van der Waals surface area contributed by atoms with Crippen molar-refractivity contribution in [3.63, 3.8) is 0 Å². The van der Waals surface area contributed by atoms with E-state index < -0.39 is 45.9 Å². The molecule has 1 heterocycles. The van der Waals surface area contributed by atoms with Crippen LogP contribution in [0.25, 0.3) is 0 Å². The molecule has 6 fully saturated rings. The van der Waals surface area contributed by atoms with Crippen LogP contribution in [0.4, 0.5) is 0 Å². The third-order valence-corrected chi connectivity index (χ3v) is 10.6. The second-order valence-corrected chi connectivity index (χ2v) is 14.5. The van der Waals surface area contributed by atoms with Gasteiger partial charge in [0.2, 0.25) is 0 Å². The van der Waals surface area contributed by atoms with Crippen LogP contribution in [0.2, 0.25) is 0 Å². The van der Waals surface area contributed by atoms with E-state index in [-0.39, 0.29) is 82.0 Å². The lowest BCUT2D eigenvalue weighted by Gasteiger charge is -2.56. The van der Waals surface area contributed by atoms with Crippen molar-refractivity contribution in [1.82, 2.24) is 0 Å². The molecule has 1 saturated heterocycles. The third kappa shape index (κ3) is 8.97. The number of esters is 4. The maximum atomic E-state index is 14.0. The van der Waals surface area contributed by atoms with Crippen molar-refractivity contribution in [2.24, 2.45) is 34.0 Å². The minimum Gasteiger partial charge on any atom is -0.461 e. The van der Waals surface area contributed by atoms with Crippen molar-refractivity contribution >= 4 is 29.7 Å². The van der Waals surface area contributed by atoms with Gasteiger partial charge in [-0.25, -0.2) is 0 Å². The van der Waals surface area contributed by atoms with E-state index in [9.17, 15) is 24.0 Å². The number of cyclic esters (lactones) is 2. The molecular weight excluding hydrogens is 572 g/mol. The fourth-order valence-corrected chi connectivity index (χ4v) is 8.91. The van der Waals surface area contributed by atoms with Gasteiger partial charge in [0.15, 0.2) is 0 Å². The highest BCUT2D eigenvalue weighted by atomic mass is 16.6. The Kier molecular flexibility index (Phi) is 16.0. The van der Waals surface area contributed by atoms with E-state index in [0.717, 1.165) is 19.3 Å². The SMILES string of the molecule is C.C.C.C.C.C.CCC(C)(CC(C)(CC1(C)CC(=O)OC1=O)C(=O)OC1CCCC(=O)C1)C(=O)OC12CC3CC(CC(C3)C1)C2. The maximum absolute atomic E-state index is 14.0. The summed E-state index contributed by atoms with van der Waals surface area (Å²) in [7, 11) is 0. The quantitative estimate of drug-likeness (QED) is 0.139. The highest BCUT2D eigenvalue weighted by Gasteiger charge is 2.57. The van der Waals surface area contributed by atoms with E-state index >= 15 is 0 Å². The topological polar surface area (TPSA) is 113 Å². The van der Waals surface area contributed by atoms with Gasteiger partial charge in [-0.05, 0) is 109 Å². The lowest BCUT2D eigenvalue weighted by molar-refractivity contribution is -0.199. The molecule has 6 aliphatic rings. The van der Waals surface area contributed by atoms with Crippen molar-refractivity contribution < 1.29 is 38.2 Å². The fourth-order valence-electron chi connectivity index (χ4n) is 8.91. The van der Waals surface area contributed by atoms with Crippen LogP contribution in [0.1, 0.15) is 162 Å². The van der Waals surface area contributed by atoms with E-state index in [4.69, 9.17) is 14.2 Å². The summed E-state index contributed by atoms with van der Waals surface area (Å²) in [5, 5.41) is 0.